The summed E-state index contributed by atoms with van der Waals surface area (Å²) in [6.45, 7) is 7.72. The zero-order chi connectivity index (χ0) is 14.2. The smallest absolute Gasteiger partial charge is 0.342 e. The standard InChI is InChI=1S/C15H17O4/c1-8(2)5-6-10-13(16)12-11(7-19-15(12)17)9(3)14(10)18-4/h5,16H,1,6-7H2,2-4H3. The quantitative estimate of drug-likeness (QED) is 0.850. The first-order valence-electron chi connectivity index (χ1n) is 6.04. The van der Waals surface area contributed by atoms with Gasteiger partial charge in [-0.1, -0.05) is 11.6 Å². The topological polar surface area (TPSA) is 55.8 Å². The van der Waals surface area contributed by atoms with E-state index in [0.29, 0.717) is 23.3 Å². The van der Waals surface area contributed by atoms with Crippen LogP contribution in [0.25, 0.3) is 0 Å². The Balaban J connectivity index is 2.65. The van der Waals surface area contributed by atoms with E-state index in [0.717, 1.165) is 11.1 Å². The molecule has 1 aliphatic heterocycles. The van der Waals surface area contributed by atoms with E-state index in [1.54, 1.807) is 7.11 Å². The summed E-state index contributed by atoms with van der Waals surface area (Å²) < 4.78 is 10.4. The van der Waals surface area contributed by atoms with Crippen LogP contribution in [0.15, 0.2) is 11.6 Å². The SMILES string of the molecule is [CH2]C(C)=CCc1c(O)c2c(c(C)c1OC)COC2=O. The van der Waals surface area contributed by atoms with Crippen LogP contribution in [-0.4, -0.2) is 18.2 Å². The minimum absolute atomic E-state index is 0.0440. The second-order valence-corrected chi connectivity index (χ2v) is 4.67. The van der Waals surface area contributed by atoms with Gasteiger partial charge in [-0.05, 0) is 32.8 Å². The first-order valence-corrected chi connectivity index (χ1v) is 6.04. The monoisotopic (exact) mass is 261 g/mol. The number of esters is 1. The summed E-state index contributed by atoms with van der Waals surface area (Å²) in [6, 6.07) is 0. The molecule has 4 nitrogen and oxygen atoms in total. The summed E-state index contributed by atoms with van der Waals surface area (Å²) in [6.07, 6.45) is 2.34. The minimum Gasteiger partial charge on any atom is -0.507 e. The van der Waals surface area contributed by atoms with Crippen LogP contribution in [0, 0.1) is 13.8 Å². The van der Waals surface area contributed by atoms with E-state index in [4.69, 9.17) is 9.47 Å². The molecule has 1 heterocycles. The molecule has 0 aliphatic carbocycles. The molecule has 1 aromatic carbocycles. The molecule has 2 rings (SSSR count). The van der Waals surface area contributed by atoms with E-state index in [2.05, 4.69) is 6.92 Å². The lowest BCUT2D eigenvalue weighted by Gasteiger charge is -2.15. The molecule has 0 unspecified atom stereocenters. The lowest BCUT2D eigenvalue weighted by atomic mass is 9.95. The maximum atomic E-state index is 11.7. The highest BCUT2D eigenvalue weighted by molar-refractivity contribution is 5.98. The first-order chi connectivity index (χ1) is 8.97. The van der Waals surface area contributed by atoms with E-state index in [1.807, 2.05) is 19.9 Å². The van der Waals surface area contributed by atoms with Crippen molar-refractivity contribution in [2.24, 2.45) is 0 Å². The van der Waals surface area contributed by atoms with Crippen molar-refractivity contribution in [3.05, 3.63) is 40.8 Å². The summed E-state index contributed by atoms with van der Waals surface area (Å²) >= 11 is 0. The van der Waals surface area contributed by atoms with Crippen LogP contribution in [0.3, 0.4) is 0 Å². The van der Waals surface area contributed by atoms with Crippen LogP contribution in [0.1, 0.15) is 34.0 Å². The highest BCUT2D eigenvalue weighted by Crippen LogP contribution is 2.41. The number of allylic oxidation sites excluding steroid dienone is 2. The predicted octanol–water partition coefficient (Wildman–Crippen LogP) is 2.70. The largest absolute Gasteiger partial charge is 0.507 e. The molecule has 0 saturated carbocycles. The Morgan fingerprint density at radius 2 is 2.26 bits per heavy atom. The molecule has 1 N–H and O–H groups in total. The Bertz CT molecular complexity index is 566. The molecular weight excluding hydrogens is 244 g/mol. The number of carbonyl (C=O) groups is 1. The second-order valence-electron chi connectivity index (χ2n) is 4.67. The van der Waals surface area contributed by atoms with Crippen molar-refractivity contribution in [3.8, 4) is 11.5 Å². The molecule has 0 atom stereocenters. The number of ether oxygens (including phenoxy) is 2. The molecule has 0 aromatic heterocycles. The van der Waals surface area contributed by atoms with E-state index in [-0.39, 0.29) is 17.9 Å². The van der Waals surface area contributed by atoms with Gasteiger partial charge in [0.1, 0.15) is 23.7 Å². The number of cyclic esters (lactones) is 1. The van der Waals surface area contributed by atoms with Crippen LogP contribution in [0.2, 0.25) is 0 Å². The lowest BCUT2D eigenvalue weighted by molar-refractivity contribution is 0.0533. The van der Waals surface area contributed by atoms with Crippen LogP contribution < -0.4 is 4.74 Å². The molecule has 4 heteroatoms. The number of carbonyl (C=O) groups excluding carboxylic acids is 1. The molecule has 0 fully saturated rings. The van der Waals surface area contributed by atoms with Gasteiger partial charge < -0.3 is 14.6 Å². The van der Waals surface area contributed by atoms with Crippen LogP contribution in [-0.2, 0) is 17.8 Å². The molecule has 0 bridgehead atoms. The molecule has 1 radical (unpaired) electrons. The number of benzene rings is 1. The third kappa shape index (κ3) is 2.18. The molecule has 0 spiro atoms. The Kier molecular flexibility index (Phi) is 3.51. The van der Waals surface area contributed by atoms with Crippen LogP contribution in [0.4, 0.5) is 0 Å². The average Bonchev–Trinajstić information content (AvgIpc) is 2.74. The fraction of sp³-hybridized carbons (Fsp3) is 0.333. The van der Waals surface area contributed by atoms with E-state index < -0.39 is 5.97 Å². The second kappa shape index (κ2) is 4.96. The van der Waals surface area contributed by atoms with Gasteiger partial charge in [0, 0.05) is 11.1 Å². The van der Waals surface area contributed by atoms with Crippen molar-refractivity contribution in [2.45, 2.75) is 26.9 Å². The summed E-state index contributed by atoms with van der Waals surface area (Å²) in [5, 5.41) is 10.3. The zero-order valence-electron chi connectivity index (χ0n) is 11.4. The predicted molar refractivity (Wildman–Crippen MR) is 71.3 cm³/mol. The van der Waals surface area contributed by atoms with Gasteiger partial charge in [-0.25, -0.2) is 4.79 Å². The van der Waals surface area contributed by atoms with Crippen LogP contribution >= 0.6 is 0 Å². The number of phenolic OH excluding ortho intramolecular Hbond substituents is 1. The summed E-state index contributed by atoms with van der Waals surface area (Å²) in [5.41, 5.74) is 3.30. The molecular formula is C15H17O4. The minimum atomic E-state index is -0.477. The molecule has 19 heavy (non-hydrogen) atoms. The number of methoxy groups -OCH3 is 1. The van der Waals surface area contributed by atoms with Crippen molar-refractivity contribution >= 4 is 5.97 Å². The molecule has 0 saturated heterocycles. The van der Waals surface area contributed by atoms with Gasteiger partial charge in [0.05, 0.1) is 7.11 Å². The number of rotatable bonds is 3. The molecule has 1 aromatic rings. The fourth-order valence-corrected chi connectivity index (χ4v) is 2.30. The average molecular weight is 261 g/mol. The Morgan fingerprint density at radius 1 is 1.58 bits per heavy atom. The van der Waals surface area contributed by atoms with Crippen molar-refractivity contribution < 1.29 is 19.4 Å². The van der Waals surface area contributed by atoms with Gasteiger partial charge in [-0.15, -0.1) is 0 Å². The number of hydrogen-bond donors (Lipinski definition) is 1. The summed E-state index contributed by atoms with van der Waals surface area (Å²) in [7, 11) is 1.55. The number of hydrogen-bond acceptors (Lipinski definition) is 4. The highest BCUT2D eigenvalue weighted by atomic mass is 16.5. The van der Waals surface area contributed by atoms with Gasteiger partial charge in [-0.2, -0.15) is 0 Å². The van der Waals surface area contributed by atoms with Gasteiger partial charge in [0.2, 0.25) is 0 Å². The summed E-state index contributed by atoms with van der Waals surface area (Å²) in [4.78, 5) is 11.7. The number of aromatic hydroxyl groups is 1. The first kappa shape index (κ1) is 13.5. The van der Waals surface area contributed by atoms with E-state index >= 15 is 0 Å². The Labute approximate surface area is 112 Å². The molecule has 1 aliphatic rings. The zero-order valence-corrected chi connectivity index (χ0v) is 11.4. The van der Waals surface area contributed by atoms with Gasteiger partial charge in [0.25, 0.3) is 0 Å². The highest BCUT2D eigenvalue weighted by Gasteiger charge is 2.31. The maximum absolute atomic E-state index is 11.7. The van der Waals surface area contributed by atoms with E-state index in [1.165, 1.54) is 0 Å². The fourth-order valence-electron chi connectivity index (χ4n) is 2.30. The van der Waals surface area contributed by atoms with Crippen LogP contribution in [0.5, 0.6) is 11.5 Å². The van der Waals surface area contributed by atoms with Crippen molar-refractivity contribution in [3.63, 3.8) is 0 Å². The maximum Gasteiger partial charge on any atom is 0.342 e. The third-order valence-corrected chi connectivity index (χ3v) is 3.30. The normalized spacial score (nSPS) is 14.3. The third-order valence-electron chi connectivity index (χ3n) is 3.30. The summed E-state index contributed by atoms with van der Waals surface area (Å²) in [5.74, 6) is 0.0827. The van der Waals surface area contributed by atoms with E-state index in [9.17, 15) is 9.90 Å². The van der Waals surface area contributed by atoms with Gasteiger partial charge in [-0.3, -0.25) is 0 Å². The number of fused-ring (bicyclic) bond motifs is 1. The van der Waals surface area contributed by atoms with Gasteiger partial charge >= 0.3 is 5.97 Å². The Morgan fingerprint density at radius 3 is 2.84 bits per heavy atom. The molecule has 101 valence electrons. The van der Waals surface area contributed by atoms with Crippen molar-refractivity contribution in [1.29, 1.82) is 0 Å². The Hall–Kier alpha value is -1.97. The van der Waals surface area contributed by atoms with Crippen molar-refractivity contribution in [1.82, 2.24) is 0 Å². The number of phenols is 1. The molecule has 0 amide bonds. The lowest BCUT2D eigenvalue weighted by Crippen LogP contribution is -2.03. The van der Waals surface area contributed by atoms with Gasteiger partial charge in [0.15, 0.2) is 0 Å². The van der Waals surface area contributed by atoms with Crippen molar-refractivity contribution in [2.75, 3.05) is 7.11 Å².